The third-order valence-electron chi connectivity index (χ3n) is 2.24. The van der Waals surface area contributed by atoms with E-state index in [1.165, 1.54) is 18.4 Å². The predicted molar refractivity (Wildman–Crippen MR) is 64.3 cm³/mol. The Hall–Kier alpha value is -0.500. The van der Waals surface area contributed by atoms with Crippen LogP contribution < -0.4 is 4.74 Å². The molecule has 0 fully saturated rings. The summed E-state index contributed by atoms with van der Waals surface area (Å²) in [6.07, 6.45) is 3.46. The molecule has 1 unspecified atom stereocenters. The van der Waals surface area contributed by atoms with Gasteiger partial charge in [0.25, 0.3) is 0 Å². The van der Waals surface area contributed by atoms with Gasteiger partial charge in [0.2, 0.25) is 0 Å². The van der Waals surface area contributed by atoms with E-state index in [1.54, 1.807) is 7.11 Å². The maximum atomic E-state index is 5.30. The highest BCUT2D eigenvalue weighted by atomic mass is 79.9. The van der Waals surface area contributed by atoms with Gasteiger partial charge < -0.3 is 4.74 Å². The van der Waals surface area contributed by atoms with Crippen LogP contribution in [0.1, 0.15) is 25.3 Å². The van der Waals surface area contributed by atoms with E-state index in [9.17, 15) is 0 Å². The Morgan fingerprint density at radius 1 is 1.36 bits per heavy atom. The first-order valence-electron chi connectivity index (χ1n) is 5.04. The van der Waals surface area contributed by atoms with Gasteiger partial charge >= 0.3 is 0 Å². The molecule has 1 rings (SSSR count). The van der Waals surface area contributed by atoms with Gasteiger partial charge in [0, 0.05) is 4.83 Å². The molecule has 14 heavy (non-hydrogen) atoms. The summed E-state index contributed by atoms with van der Waals surface area (Å²) in [7, 11) is 1.72. The zero-order chi connectivity index (χ0) is 10.4. The minimum absolute atomic E-state index is 0.559. The molecule has 1 nitrogen and oxygen atoms in total. The summed E-state index contributed by atoms with van der Waals surface area (Å²) in [4.78, 5) is 0.559. The lowest BCUT2D eigenvalue weighted by molar-refractivity contribution is 0.409. The van der Waals surface area contributed by atoms with Gasteiger partial charge in [0.1, 0.15) is 5.75 Å². The SMILES string of the molecule is CCCC(Br)Cc1ccccc1OC. The summed E-state index contributed by atoms with van der Waals surface area (Å²) in [5.41, 5.74) is 1.28. The Morgan fingerprint density at radius 3 is 2.71 bits per heavy atom. The normalized spacial score (nSPS) is 12.5. The first-order chi connectivity index (χ1) is 6.77. The van der Waals surface area contributed by atoms with E-state index in [-0.39, 0.29) is 0 Å². The van der Waals surface area contributed by atoms with Gasteiger partial charge in [0.15, 0.2) is 0 Å². The molecule has 0 aliphatic heterocycles. The van der Waals surface area contributed by atoms with Crippen LogP contribution in [0.4, 0.5) is 0 Å². The summed E-state index contributed by atoms with van der Waals surface area (Å²) in [6.45, 7) is 2.20. The fourth-order valence-electron chi connectivity index (χ4n) is 1.53. The second-order valence-electron chi connectivity index (χ2n) is 3.40. The fourth-order valence-corrected chi connectivity index (χ4v) is 2.33. The molecule has 0 saturated carbocycles. The molecule has 0 bridgehead atoms. The zero-order valence-corrected chi connectivity index (χ0v) is 10.4. The summed E-state index contributed by atoms with van der Waals surface area (Å²) < 4.78 is 5.30. The van der Waals surface area contributed by atoms with Crippen LogP contribution in [0.5, 0.6) is 5.75 Å². The number of alkyl halides is 1. The lowest BCUT2D eigenvalue weighted by Gasteiger charge is -2.11. The molecule has 0 spiro atoms. The number of ether oxygens (including phenoxy) is 1. The van der Waals surface area contributed by atoms with Crippen molar-refractivity contribution >= 4 is 15.9 Å². The highest BCUT2D eigenvalue weighted by Crippen LogP contribution is 2.22. The number of hydrogen-bond donors (Lipinski definition) is 0. The Labute approximate surface area is 94.6 Å². The van der Waals surface area contributed by atoms with Crippen molar-refractivity contribution in [1.82, 2.24) is 0 Å². The molecular formula is C12H17BrO. The van der Waals surface area contributed by atoms with Crippen LogP contribution in [0.2, 0.25) is 0 Å². The number of hydrogen-bond acceptors (Lipinski definition) is 1. The van der Waals surface area contributed by atoms with Gasteiger partial charge in [-0.2, -0.15) is 0 Å². The summed E-state index contributed by atoms with van der Waals surface area (Å²) in [5, 5.41) is 0. The molecule has 1 aromatic carbocycles. The van der Waals surface area contributed by atoms with Crippen LogP contribution in [0, 0.1) is 0 Å². The molecule has 78 valence electrons. The largest absolute Gasteiger partial charge is 0.496 e. The van der Waals surface area contributed by atoms with E-state index < -0.39 is 0 Å². The average Bonchev–Trinajstić information content (AvgIpc) is 2.19. The highest BCUT2D eigenvalue weighted by molar-refractivity contribution is 9.09. The maximum absolute atomic E-state index is 5.30. The molecule has 1 aromatic rings. The monoisotopic (exact) mass is 256 g/mol. The van der Waals surface area contributed by atoms with Crippen molar-refractivity contribution in [3.05, 3.63) is 29.8 Å². The first-order valence-corrected chi connectivity index (χ1v) is 5.95. The summed E-state index contributed by atoms with van der Waals surface area (Å²) >= 11 is 3.68. The number of rotatable bonds is 5. The minimum atomic E-state index is 0.559. The highest BCUT2D eigenvalue weighted by Gasteiger charge is 2.07. The second kappa shape index (κ2) is 6.07. The molecular weight excluding hydrogens is 240 g/mol. The molecule has 0 aromatic heterocycles. The molecule has 0 aliphatic carbocycles. The Kier molecular flexibility index (Phi) is 5.02. The molecule has 0 aliphatic rings. The van der Waals surface area contributed by atoms with Crippen molar-refractivity contribution < 1.29 is 4.74 Å². The lowest BCUT2D eigenvalue weighted by Crippen LogP contribution is -2.03. The molecule has 0 radical (unpaired) electrons. The molecule has 2 heteroatoms. The van der Waals surface area contributed by atoms with E-state index in [1.807, 2.05) is 12.1 Å². The molecule has 0 N–H and O–H groups in total. The second-order valence-corrected chi connectivity index (χ2v) is 4.70. The molecule has 0 amide bonds. The van der Waals surface area contributed by atoms with Crippen LogP contribution in [-0.2, 0) is 6.42 Å². The summed E-state index contributed by atoms with van der Waals surface area (Å²) in [5.74, 6) is 0.994. The molecule has 0 saturated heterocycles. The van der Waals surface area contributed by atoms with E-state index in [0.29, 0.717) is 4.83 Å². The zero-order valence-electron chi connectivity index (χ0n) is 8.79. The van der Waals surface area contributed by atoms with E-state index in [4.69, 9.17) is 4.74 Å². The van der Waals surface area contributed by atoms with Gasteiger partial charge in [-0.1, -0.05) is 47.5 Å². The standard InChI is InChI=1S/C12H17BrO/c1-3-6-11(13)9-10-7-4-5-8-12(10)14-2/h4-5,7-8,11H,3,6,9H2,1-2H3. The van der Waals surface area contributed by atoms with Crippen molar-refractivity contribution in [2.24, 2.45) is 0 Å². The number of benzene rings is 1. The van der Waals surface area contributed by atoms with Crippen molar-refractivity contribution in [2.75, 3.05) is 7.11 Å². The van der Waals surface area contributed by atoms with Crippen LogP contribution in [0.3, 0.4) is 0 Å². The topological polar surface area (TPSA) is 9.23 Å². The quantitative estimate of drug-likeness (QED) is 0.729. The van der Waals surface area contributed by atoms with Gasteiger partial charge in [-0.05, 0) is 24.5 Å². The predicted octanol–water partition coefficient (Wildman–Crippen LogP) is 3.80. The van der Waals surface area contributed by atoms with Crippen molar-refractivity contribution in [3.63, 3.8) is 0 Å². The Bertz CT molecular complexity index is 273. The third-order valence-corrected chi connectivity index (χ3v) is 3.02. The summed E-state index contributed by atoms with van der Waals surface area (Å²) in [6, 6.07) is 8.21. The number of methoxy groups -OCH3 is 1. The van der Waals surface area contributed by atoms with Crippen molar-refractivity contribution in [3.8, 4) is 5.75 Å². The van der Waals surface area contributed by atoms with E-state index >= 15 is 0 Å². The smallest absolute Gasteiger partial charge is 0.122 e. The van der Waals surface area contributed by atoms with E-state index in [2.05, 4.69) is 35.0 Å². The Morgan fingerprint density at radius 2 is 2.07 bits per heavy atom. The average molecular weight is 257 g/mol. The molecule has 0 heterocycles. The first kappa shape index (κ1) is 11.6. The van der Waals surface area contributed by atoms with Crippen molar-refractivity contribution in [1.29, 1.82) is 0 Å². The third kappa shape index (κ3) is 3.33. The van der Waals surface area contributed by atoms with Crippen LogP contribution in [0.25, 0.3) is 0 Å². The van der Waals surface area contributed by atoms with Gasteiger partial charge in [0.05, 0.1) is 7.11 Å². The Balaban J connectivity index is 2.65. The van der Waals surface area contributed by atoms with Crippen LogP contribution >= 0.6 is 15.9 Å². The molecule has 1 atom stereocenters. The van der Waals surface area contributed by atoms with Crippen molar-refractivity contribution in [2.45, 2.75) is 31.0 Å². The van der Waals surface area contributed by atoms with Gasteiger partial charge in [-0.25, -0.2) is 0 Å². The van der Waals surface area contributed by atoms with E-state index in [0.717, 1.165) is 12.2 Å². The number of para-hydroxylation sites is 1. The van der Waals surface area contributed by atoms with Gasteiger partial charge in [-0.3, -0.25) is 0 Å². The van der Waals surface area contributed by atoms with Gasteiger partial charge in [-0.15, -0.1) is 0 Å². The number of halogens is 1. The lowest BCUT2D eigenvalue weighted by atomic mass is 10.1. The fraction of sp³-hybridized carbons (Fsp3) is 0.500. The van der Waals surface area contributed by atoms with Crippen LogP contribution in [-0.4, -0.2) is 11.9 Å². The maximum Gasteiger partial charge on any atom is 0.122 e. The van der Waals surface area contributed by atoms with Crippen LogP contribution in [0.15, 0.2) is 24.3 Å². The minimum Gasteiger partial charge on any atom is -0.496 e.